The summed E-state index contributed by atoms with van der Waals surface area (Å²) >= 11 is 0. The second-order valence-corrected chi connectivity index (χ2v) is 7.61. The van der Waals surface area contributed by atoms with Crippen molar-refractivity contribution in [3.8, 4) is 17.4 Å². The fourth-order valence-electron chi connectivity index (χ4n) is 3.90. The minimum Gasteiger partial charge on any atom is -0.497 e. The molecule has 3 heterocycles. The molecule has 8 heteroatoms. The van der Waals surface area contributed by atoms with Crippen LogP contribution in [-0.2, 0) is 9.53 Å². The number of anilines is 1. The molecule has 0 spiro atoms. The summed E-state index contributed by atoms with van der Waals surface area (Å²) in [5.74, 6) is 2.64. The van der Waals surface area contributed by atoms with Crippen LogP contribution in [0.1, 0.15) is 25.7 Å². The number of benzene rings is 1. The number of amides is 1. The highest BCUT2D eigenvalue weighted by atomic mass is 16.5. The lowest BCUT2D eigenvalue weighted by atomic mass is 9.96. The first-order valence-electron chi connectivity index (χ1n) is 10.5. The van der Waals surface area contributed by atoms with Crippen molar-refractivity contribution < 1.29 is 19.0 Å². The van der Waals surface area contributed by atoms with Crippen LogP contribution in [0, 0.1) is 5.92 Å². The van der Waals surface area contributed by atoms with Crippen molar-refractivity contribution in [2.75, 3.05) is 38.3 Å². The van der Waals surface area contributed by atoms with Gasteiger partial charge in [-0.15, -0.1) is 0 Å². The number of ether oxygens (including phenoxy) is 3. The number of hydrogen-bond acceptors (Lipinski definition) is 7. The Bertz CT molecular complexity index is 849. The van der Waals surface area contributed by atoms with Crippen LogP contribution in [0.4, 0.5) is 5.82 Å². The van der Waals surface area contributed by atoms with Gasteiger partial charge >= 0.3 is 0 Å². The zero-order chi connectivity index (χ0) is 20.8. The number of nitrogens with one attached hydrogen (secondary N) is 1. The van der Waals surface area contributed by atoms with Crippen LogP contribution in [0.25, 0.3) is 0 Å². The topological polar surface area (TPSA) is 85.8 Å². The summed E-state index contributed by atoms with van der Waals surface area (Å²) in [6.07, 6.45) is 7.10. The number of carbonyl (C=O) groups excluding carboxylic acids is 1. The van der Waals surface area contributed by atoms with E-state index in [1.54, 1.807) is 19.5 Å². The molecule has 160 valence electrons. The number of piperidine rings is 1. The van der Waals surface area contributed by atoms with Gasteiger partial charge in [0.05, 0.1) is 13.2 Å². The van der Waals surface area contributed by atoms with Gasteiger partial charge in [0.1, 0.15) is 11.5 Å². The Morgan fingerprint density at radius 3 is 2.77 bits per heavy atom. The lowest BCUT2D eigenvalue weighted by molar-refractivity contribution is -0.126. The van der Waals surface area contributed by atoms with Crippen LogP contribution in [-0.4, -0.2) is 55.3 Å². The van der Waals surface area contributed by atoms with Crippen molar-refractivity contribution in [3.63, 3.8) is 0 Å². The van der Waals surface area contributed by atoms with Gasteiger partial charge in [0.2, 0.25) is 5.91 Å². The Balaban J connectivity index is 1.34. The Morgan fingerprint density at radius 2 is 2.00 bits per heavy atom. The van der Waals surface area contributed by atoms with Gasteiger partial charge in [-0.2, -0.15) is 0 Å². The monoisotopic (exact) mass is 412 g/mol. The van der Waals surface area contributed by atoms with Crippen LogP contribution >= 0.6 is 0 Å². The highest BCUT2D eigenvalue weighted by Crippen LogP contribution is 2.32. The third-order valence-corrected chi connectivity index (χ3v) is 5.60. The third kappa shape index (κ3) is 4.99. The quantitative estimate of drug-likeness (QED) is 0.748. The highest BCUT2D eigenvalue weighted by Gasteiger charge is 2.28. The first kappa shape index (κ1) is 20.4. The molecule has 0 radical (unpaired) electrons. The zero-order valence-electron chi connectivity index (χ0n) is 17.3. The molecule has 1 atom stereocenters. The lowest BCUT2D eigenvalue weighted by Crippen LogP contribution is -2.42. The van der Waals surface area contributed by atoms with Crippen LogP contribution in [0.3, 0.4) is 0 Å². The molecule has 2 aromatic rings. The van der Waals surface area contributed by atoms with Gasteiger partial charge in [0.25, 0.3) is 5.88 Å². The normalized spacial score (nSPS) is 19.5. The molecular weight excluding hydrogens is 384 g/mol. The Labute approximate surface area is 176 Å². The molecule has 30 heavy (non-hydrogen) atoms. The van der Waals surface area contributed by atoms with E-state index in [1.807, 2.05) is 24.3 Å². The van der Waals surface area contributed by atoms with Crippen LogP contribution < -0.4 is 19.7 Å². The van der Waals surface area contributed by atoms with E-state index in [-0.39, 0.29) is 17.9 Å². The van der Waals surface area contributed by atoms with E-state index in [1.165, 1.54) is 0 Å². The van der Waals surface area contributed by atoms with E-state index < -0.39 is 0 Å². The molecule has 4 rings (SSSR count). The van der Waals surface area contributed by atoms with Gasteiger partial charge in [-0.1, -0.05) is 6.07 Å². The van der Waals surface area contributed by atoms with Gasteiger partial charge in [-0.25, -0.2) is 9.97 Å². The largest absolute Gasteiger partial charge is 0.497 e. The fraction of sp³-hybridized carbons (Fsp3) is 0.500. The Kier molecular flexibility index (Phi) is 6.63. The zero-order valence-corrected chi connectivity index (χ0v) is 17.3. The van der Waals surface area contributed by atoms with Gasteiger partial charge in [0, 0.05) is 50.6 Å². The summed E-state index contributed by atoms with van der Waals surface area (Å²) in [4.78, 5) is 23.5. The number of aromatic nitrogens is 2. The van der Waals surface area contributed by atoms with Crippen molar-refractivity contribution >= 4 is 11.7 Å². The number of rotatable bonds is 7. The second kappa shape index (κ2) is 9.75. The maximum Gasteiger partial charge on any atom is 0.263 e. The van der Waals surface area contributed by atoms with Gasteiger partial charge in [-0.05, 0) is 37.8 Å². The van der Waals surface area contributed by atoms with Gasteiger partial charge in [-0.3, -0.25) is 4.79 Å². The third-order valence-electron chi connectivity index (χ3n) is 5.60. The lowest BCUT2D eigenvalue weighted by Gasteiger charge is -2.32. The van der Waals surface area contributed by atoms with E-state index in [2.05, 4.69) is 20.2 Å². The molecule has 2 aliphatic rings. The molecule has 1 aromatic heterocycles. The molecule has 1 aromatic carbocycles. The predicted octanol–water partition coefficient (Wildman–Crippen LogP) is 2.79. The van der Waals surface area contributed by atoms with Crippen molar-refractivity contribution in [2.24, 2.45) is 5.92 Å². The van der Waals surface area contributed by atoms with Crippen LogP contribution in [0.2, 0.25) is 0 Å². The maximum atomic E-state index is 12.5. The average molecular weight is 412 g/mol. The summed E-state index contributed by atoms with van der Waals surface area (Å²) in [6.45, 7) is 2.87. The van der Waals surface area contributed by atoms with E-state index in [9.17, 15) is 4.79 Å². The smallest absolute Gasteiger partial charge is 0.263 e. The second-order valence-electron chi connectivity index (χ2n) is 7.61. The number of hydrogen-bond donors (Lipinski definition) is 1. The molecule has 8 nitrogen and oxygen atoms in total. The molecule has 0 unspecified atom stereocenters. The highest BCUT2D eigenvalue weighted by molar-refractivity contribution is 5.79. The van der Waals surface area contributed by atoms with Gasteiger partial charge in [0.15, 0.2) is 5.82 Å². The van der Waals surface area contributed by atoms with E-state index in [4.69, 9.17) is 14.2 Å². The first-order valence-corrected chi connectivity index (χ1v) is 10.5. The standard InChI is InChI=1S/C22H28N4O4/c1-28-17-4-2-5-18(14-17)30-22-20(23-9-10-24-22)26-11-7-16(8-12-26)21(27)25-15-19-6-3-13-29-19/h2,4-5,9-10,14,16,19H,3,6-8,11-13,15H2,1H3,(H,25,27)/t19-/m0/s1. The molecule has 2 aliphatic heterocycles. The minimum absolute atomic E-state index is 0.0158. The molecule has 1 amide bonds. The summed E-state index contributed by atoms with van der Waals surface area (Å²) in [6, 6.07) is 7.39. The van der Waals surface area contributed by atoms with Crippen molar-refractivity contribution in [2.45, 2.75) is 31.8 Å². The van der Waals surface area contributed by atoms with Gasteiger partial charge < -0.3 is 24.4 Å². The van der Waals surface area contributed by atoms with E-state index in [0.29, 0.717) is 29.7 Å². The number of carbonyl (C=O) groups is 1. The van der Waals surface area contributed by atoms with Crippen molar-refractivity contribution in [1.29, 1.82) is 0 Å². The molecule has 0 saturated carbocycles. The van der Waals surface area contributed by atoms with Crippen LogP contribution in [0.5, 0.6) is 17.4 Å². The SMILES string of the molecule is COc1cccc(Oc2nccnc2N2CCC(C(=O)NC[C@@H]3CCCO3)CC2)c1. The molecule has 0 aliphatic carbocycles. The maximum absolute atomic E-state index is 12.5. The molecular formula is C22H28N4O4. The predicted molar refractivity (Wildman–Crippen MR) is 112 cm³/mol. The average Bonchev–Trinajstić information content (AvgIpc) is 3.32. The molecule has 2 saturated heterocycles. The molecule has 0 bridgehead atoms. The van der Waals surface area contributed by atoms with Crippen LogP contribution in [0.15, 0.2) is 36.7 Å². The minimum atomic E-state index is 0.0158. The first-order chi connectivity index (χ1) is 14.7. The Morgan fingerprint density at radius 1 is 1.20 bits per heavy atom. The van der Waals surface area contributed by atoms with E-state index >= 15 is 0 Å². The summed E-state index contributed by atoms with van der Waals surface area (Å²) < 4.78 is 16.8. The summed E-state index contributed by atoms with van der Waals surface area (Å²) in [5.41, 5.74) is 0. The number of nitrogens with zero attached hydrogens (tertiary/aromatic N) is 3. The Hall–Kier alpha value is -2.87. The van der Waals surface area contributed by atoms with E-state index in [0.717, 1.165) is 45.4 Å². The summed E-state index contributed by atoms with van der Waals surface area (Å²) in [5, 5.41) is 3.06. The fourth-order valence-corrected chi connectivity index (χ4v) is 3.90. The molecule has 2 fully saturated rings. The van der Waals surface area contributed by atoms with Crippen molar-refractivity contribution in [1.82, 2.24) is 15.3 Å². The number of methoxy groups -OCH3 is 1. The van der Waals surface area contributed by atoms with Crippen molar-refractivity contribution in [3.05, 3.63) is 36.7 Å². The summed E-state index contributed by atoms with van der Waals surface area (Å²) in [7, 11) is 1.62. The molecule has 1 N–H and O–H groups in total.